The molecule has 3 heteroatoms. The molecule has 2 aliphatic carbocycles. The van der Waals surface area contributed by atoms with E-state index in [1.165, 1.54) is 0 Å². The van der Waals surface area contributed by atoms with Gasteiger partial charge in [0, 0.05) is 11.8 Å². The van der Waals surface area contributed by atoms with Crippen LogP contribution in [-0.4, -0.2) is 23.8 Å². The van der Waals surface area contributed by atoms with Crippen molar-refractivity contribution in [2.24, 2.45) is 22.7 Å². The number of aliphatic hydroxyl groups is 1. The van der Waals surface area contributed by atoms with Gasteiger partial charge in [-0.25, -0.2) is 0 Å². The second-order valence-corrected chi connectivity index (χ2v) is 6.91. The molecule has 3 rings (SSSR count). The number of carbonyl (C=O) groups is 1. The van der Waals surface area contributed by atoms with E-state index in [0.717, 1.165) is 24.8 Å². The van der Waals surface area contributed by atoms with E-state index in [0.29, 0.717) is 6.61 Å². The van der Waals surface area contributed by atoms with Crippen LogP contribution in [0.1, 0.15) is 40.0 Å². The Hall–Kier alpha value is -0.830. The maximum Gasteiger partial charge on any atom is 0.313 e. The summed E-state index contributed by atoms with van der Waals surface area (Å²) in [4.78, 5) is 12.4. The molecule has 0 aromatic rings. The molecular weight excluding hydrogens is 228 g/mol. The molecular formula is C15H22O3. The lowest BCUT2D eigenvalue weighted by molar-refractivity contribution is -0.163. The van der Waals surface area contributed by atoms with Gasteiger partial charge in [0.05, 0.1) is 18.1 Å². The summed E-state index contributed by atoms with van der Waals surface area (Å²) in [5.41, 5.74) is 0.665. The van der Waals surface area contributed by atoms with Crippen LogP contribution in [0.25, 0.3) is 0 Å². The van der Waals surface area contributed by atoms with Gasteiger partial charge in [0.25, 0.3) is 0 Å². The van der Waals surface area contributed by atoms with Crippen molar-refractivity contribution in [3.63, 3.8) is 0 Å². The van der Waals surface area contributed by atoms with Crippen LogP contribution in [0.3, 0.4) is 0 Å². The van der Waals surface area contributed by atoms with E-state index in [4.69, 9.17) is 4.74 Å². The minimum Gasteiger partial charge on any atom is -0.465 e. The second-order valence-electron chi connectivity index (χ2n) is 6.91. The first-order chi connectivity index (χ1) is 8.39. The first-order valence-corrected chi connectivity index (χ1v) is 6.93. The average Bonchev–Trinajstić information content (AvgIpc) is 2.55. The molecule has 18 heavy (non-hydrogen) atoms. The lowest BCUT2D eigenvalue weighted by Gasteiger charge is -2.54. The molecule has 1 N–H and O–H groups in total. The molecule has 1 spiro atoms. The summed E-state index contributed by atoms with van der Waals surface area (Å²) in [5, 5.41) is 10.5. The van der Waals surface area contributed by atoms with Gasteiger partial charge in [0.1, 0.15) is 0 Å². The van der Waals surface area contributed by atoms with Gasteiger partial charge in [0.2, 0.25) is 0 Å². The molecule has 100 valence electrons. The van der Waals surface area contributed by atoms with E-state index >= 15 is 0 Å². The third-order valence-corrected chi connectivity index (χ3v) is 5.52. The summed E-state index contributed by atoms with van der Waals surface area (Å²) in [6.07, 6.45) is 4.43. The third-order valence-electron chi connectivity index (χ3n) is 5.52. The fourth-order valence-electron chi connectivity index (χ4n) is 4.84. The Labute approximate surface area is 108 Å². The van der Waals surface area contributed by atoms with E-state index in [1.54, 1.807) is 0 Å². The van der Waals surface area contributed by atoms with Crippen molar-refractivity contribution in [2.75, 3.05) is 6.61 Å². The van der Waals surface area contributed by atoms with Crippen LogP contribution in [0.5, 0.6) is 0 Å². The van der Waals surface area contributed by atoms with Gasteiger partial charge in [-0.15, -0.1) is 0 Å². The Balaban J connectivity index is 2.17. The molecule has 1 heterocycles. The Bertz CT molecular complexity index is 423. The largest absolute Gasteiger partial charge is 0.465 e. The topological polar surface area (TPSA) is 46.5 Å². The van der Waals surface area contributed by atoms with Crippen molar-refractivity contribution in [1.29, 1.82) is 0 Å². The number of rotatable bonds is 0. The highest BCUT2D eigenvalue weighted by Crippen LogP contribution is 2.62. The van der Waals surface area contributed by atoms with Gasteiger partial charge < -0.3 is 9.84 Å². The van der Waals surface area contributed by atoms with Gasteiger partial charge >= 0.3 is 5.97 Å². The van der Waals surface area contributed by atoms with Crippen LogP contribution in [0.15, 0.2) is 11.6 Å². The zero-order chi connectivity index (χ0) is 13.1. The summed E-state index contributed by atoms with van der Waals surface area (Å²) in [7, 11) is 0. The van der Waals surface area contributed by atoms with Crippen molar-refractivity contribution in [3.05, 3.63) is 11.6 Å². The summed E-state index contributed by atoms with van der Waals surface area (Å²) in [6, 6.07) is 0. The molecule has 0 bridgehead atoms. The molecule has 3 nitrogen and oxygen atoms in total. The molecule has 2 fully saturated rings. The molecule has 0 amide bonds. The third kappa shape index (κ3) is 1.31. The lowest BCUT2D eigenvalue weighted by Crippen LogP contribution is -2.56. The van der Waals surface area contributed by atoms with Gasteiger partial charge in [-0.05, 0) is 25.2 Å². The number of hydrogen-bond donors (Lipinski definition) is 1. The predicted octanol–water partition coefficient (Wildman–Crippen LogP) is 2.29. The van der Waals surface area contributed by atoms with Crippen LogP contribution in [0, 0.1) is 22.7 Å². The maximum absolute atomic E-state index is 12.4. The fourth-order valence-corrected chi connectivity index (χ4v) is 4.84. The molecule has 1 saturated carbocycles. The van der Waals surface area contributed by atoms with E-state index in [1.807, 2.05) is 13.0 Å². The molecule has 1 aliphatic heterocycles. The monoisotopic (exact) mass is 250 g/mol. The van der Waals surface area contributed by atoms with E-state index in [-0.39, 0.29) is 23.2 Å². The quantitative estimate of drug-likeness (QED) is 0.530. The van der Waals surface area contributed by atoms with Crippen molar-refractivity contribution in [1.82, 2.24) is 0 Å². The summed E-state index contributed by atoms with van der Waals surface area (Å²) in [6.45, 7) is 6.88. The van der Waals surface area contributed by atoms with E-state index in [9.17, 15) is 9.90 Å². The SMILES string of the molecule is CC1=C[C@H](O)C2C(C)(C)CCC[C@@]23C(=O)OC[C@@H]13. The zero-order valence-electron chi connectivity index (χ0n) is 11.4. The number of carbonyl (C=O) groups excluding carboxylic acids is 1. The lowest BCUT2D eigenvalue weighted by atomic mass is 9.48. The Morgan fingerprint density at radius 1 is 1.39 bits per heavy atom. The number of ether oxygens (including phenoxy) is 1. The smallest absolute Gasteiger partial charge is 0.313 e. The normalized spacial score (nSPS) is 45.9. The predicted molar refractivity (Wildman–Crippen MR) is 67.8 cm³/mol. The maximum atomic E-state index is 12.4. The molecule has 0 radical (unpaired) electrons. The summed E-state index contributed by atoms with van der Waals surface area (Å²) in [5.74, 6) is 0.109. The summed E-state index contributed by atoms with van der Waals surface area (Å²) < 4.78 is 5.38. The van der Waals surface area contributed by atoms with Crippen molar-refractivity contribution in [3.8, 4) is 0 Å². The van der Waals surface area contributed by atoms with Crippen LogP contribution in [0.2, 0.25) is 0 Å². The molecule has 1 saturated heterocycles. The zero-order valence-corrected chi connectivity index (χ0v) is 11.4. The highest BCUT2D eigenvalue weighted by atomic mass is 16.5. The molecule has 1 unspecified atom stereocenters. The van der Waals surface area contributed by atoms with Gasteiger partial charge in [0.15, 0.2) is 0 Å². The Morgan fingerprint density at radius 3 is 2.83 bits per heavy atom. The fraction of sp³-hybridized carbons (Fsp3) is 0.800. The Morgan fingerprint density at radius 2 is 2.11 bits per heavy atom. The summed E-state index contributed by atoms with van der Waals surface area (Å²) >= 11 is 0. The van der Waals surface area contributed by atoms with Crippen molar-refractivity contribution >= 4 is 5.97 Å². The van der Waals surface area contributed by atoms with Crippen molar-refractivity contribution < 1.29 is 14.6 Å². The number of hydrogen-bond acceptors (Lipinski definition) is 3. The standard InChI is InChI=1S/C15H22O3/c1-9-7-11(16)12-14(2,3)5-4-6-15(12)10(9)8-18-13(15)17/h7,10-12,16H,4-6,8H2,1-3H3/t10-,11-,12?,15-/m0/s1. The highest BCUT2D eigenvalue weighted by molar-refractivity contribution is 5.81. The van der Waals surface area contributed by atoms with Gasteiger partial charge in [-0.1, -0.05) is 31.9 Å². The molecule has 3 aliphatic rings. The van der Waals surface area contributed by atoms with E-state index in [2.05, 4.69) is 13.8 Å². The molecule has 4 atom stereocenters. The number of cyclic esters (lactones) is 1. The number of aliphatic hydroxyl groups excluding tert-OH is 1. The second kappa shape index (κ2) is 3.60. The number of esters is 1. The highest BCUT2D eigenvalue weighted by Gasteiger charge is 2.65. The van der Waals surface area contributed by atoms with Gasteiger partial charge in [-0.3, -0.25) is 4.79 Å². The first-order valence-electron chi connectivity index (χ1n) is 6.93. The Kier molecular flexibility index (Phi) is 2.44. The minimum absolute atomic E-state index is 0.00227. The van der Waals surface area contributed by atoms with E-state index < -0.39 is 11.5 Å². The molecule has 0 aromatic carbocycles. The van der Waals surface area contributed by atoms with Gasteiger partial charge in [-0.2, -0.15) is 0 Å². The molecule has 0 aromatic heterocycles. The van der Waals surface area contributed by atoms with Crippen LogP contribution in [-0.2, 0) is 9.53 Å². The first kappa shape index (κ1) is 12.2. The minimum atomic E-state index is -0.512. The van der Waals surface area contributed by atoms with Crippen molar-refractivity contribution in [2.45, 2.75) is 46.1 Å². The van der Waals surface area contributed by atoms with Crippen LogP contribution in [0.4, 0.5) is 0 Å². The van der Waals surface area contributed by atoms with Crippen LogP contribution >= 0.6 is 0 Å². The van der Waals surface area contributed by atoms with Crippen LogP contribution < -0.4 is 0 Å². The average molecular weight is 250 g/mol.